The molecule has 35 heavy (non-hydrogen) atoms. The number of amides is 2. The van der Waals surface area contributed by atoms with Crippen LogP contribution in [0.15, 0.2) is 64.4 Å². The maximum absolute atomic E-state index is 12.7. The maximum atomic E-state index is 12.7. The number of furan rings is 1. The van der Waals surface area contributed by atoms with Gasteiger partial charge in [0.15, 0.2) is 16.7 Å². The summed E-state index contributed by atoms with van der Waals surface area (Å²) in [6.45, 7) is 3.98. The number of hydrogen-bond donors (Lipinski definition) is 2. The van der Waals surface area contributed by atoms with E-state index < -0.39 is 0 Å². The molecule has 0 aliphatic heterocycles. The number of thioether (sulfide) groups is 1. The normalized spacial score (nSPS) is 10.9. The van der Waals surface area contributed by atoms with Crippen LogP contribution >= 0.6 is 35.0 Å². The highest BCUT2D eigenvalue weighted by Crippen LogP contribution is 2.28. The Morgan fingerprint density at radius 2 is 1.89 bits per heavy atom. The van der Waals surface area contributed by atoms with Gasteiger partial charge < -0.3 is 15.1 Å². The summed E-state index contributed by atoms with van der Waals surface area (Å²) in [5, 5.41) is 15.4. The molecule has 0 spiro atoms. The average molecular weight is 530 g/mol. The molecule has 2 aromatic heterocycles. The van der Waals surface area contributed by atoms with Gasteiger partial charge in [-0.1, -0.05) is 47.1 Å². The molecule has 11 heteroatoms. The molecular weight excluding hydrogens is 509 g/mol. The Morgan fingerprint density at radius 3 is 2.63 bits per heavy atom. The standard InChI is InChI=1S/C24H21Cl2N5O3S/c1-14-5-6-15(2)19(10-14)28-22(32)13-35-24-30-29-21(12-27-23(33)20-4-3-9-34-20)31(24)16-7-8-17(25)18(26)11-16/h3-11H,12-13H2,1-2H3,(H,27,33)(H,28,32). The SMILES string of the molecule is Cc1ccc(C)c(NC(=O)CSc2nnc(CNC(=O)c3ccco3)n2-c2ccc(Cl)c(Cl)c2)c1. The van der Waals surface area contributed by atoms with E-state index in [-0.39, 0.29) is 29.9 Å². The Morgan fingerprint density at radius 1 is 1.06 bits per heavy atom. The molecule has 2 amide bonds. The highest BCUT2D eigenvalue weighted by Gasteiger charge is 2.18. The smallest absolute Gasteiger partial charge is 0.287 e. The minimum absolute atomic E-state index is 0.0715. The van der Waals surface area contributed by atoms with Crippen molar-refractivity contribution in [3.8, 4) is 5.69 Å². The fourth-order valence-electron chi connectivity index (χ4n) is 3.23. The van der Waals surface area contributed by atoms with Gasteiger partial charge in [-0.15, -0.1) is 10.2 Å². The lowest BCUT2D eigenvalue weighted by molar-refractivity contribution is -0.113. The Kier molecular flexibility index (Phi) is 7.80. The molecule has 2 aromatic carbocycles. The third-order valence-corrected chi connectivity index (χ3v) is 6.68. The quantitative estimate of drug-likeness (QED) is 0.294. The van der Waals surface area contributed by atoms with E-state index in [9.17, 15) is 9.59 Å². The van der Waals surface area contributed by atoms with E-state index in [0.717, 1.165) is 16.8 Å². The first-order valence-corrected chi connectivity index (χ1v) is 12.3. The van der Waals surface area contributed by atoms with Gasteiger partial charge in [-0.2, -0.15) is 0 Å². The fraction of sp³-hybridized carbons (Fsp3) is 0.167. The van der Waals surface area contributed by atoms with Crippen molar-refractivity contribution in [1.82, 2.24) is 20.1 Å². The molecule has 0 unspecified atom stereocenters. The number of benzene rings is 2. The number of nitrogens with zero attached hydrogens (tertiary/aromatic N) is 3. The molecule has 2 N–H and O–H groups in total. The lowest BCUT2D eigenvalue weighted by atomic mass is 10.1. The minimum atomic E-state index is -0.388. The van der Waals surface area contributed by atoms with E-state index in [4.69, 9.17) is 27.6 Å². The number of anilines is 1. The molecule has 0 fully saturated rings. The van der Waals surface area contributed by atoms with Gasteiger partial charge in [-0.05, 0) is 61.4 Å². The summed E-state index contributed by atoms with van der Waals surface area (Å²) in [7, 11) is 0. The average Bonchev–Trinajstić information content (AvgIpc) is 3.51. The van der Waals surface area contributed by atoms with E-state index in [1.54, 1.807) is 34.9 Å². The van der Waals surface area contributed by atoms with Crippen LogP contribution in [0.1, 0.15) is 27.5 Å². The van der Waals surface area contributed by atoms with E-state index in [1.165, 1.54) is 18.0 Å². The highest BCUT2D eigenvalue weighted by atomic mass is 35.5. The molecule has 180 valence electrons. The highest BCUT2D eigenvalue weighted by molar-refractivity contribution is 7.99. The molecule has 0 aliphatic carbocycles. The summed E-state index contributed by atoms with van der Waals surface area (Å²) in [6.07, 6.45) is 1.42. The van der Waals surface area contributed by atoms with Gasteiger partial charge >= 0.3 is 0 Å². The third kappa shape index (κ3) is 6.05. The number of aryl methyl sites for hydroxylation is 2. The molecule has 0 aliphatic rings. The van der Waals surface area contributed by atoms with Crippen molar-refractivity contribution in [2.24, 2.45) is 0 Å². The monoisotopic (exact) mass is 529 g/mol. The Hall–Kier alpha value is -3.27. The molecule has 2 heterocycles. The van der Waals surface area contributed by atoms with Crippen molar-refractivity contribution >= 4 is 52.5 Å². The zero-order valence-electron chi connectivity index (χ0n) is 18.8. The fourth-order valence-corrected chi connectivity index (χ4v) is 4.30. The molecule has 0 bridgehead atoms. The number of carbonyl (C=O) groups is 2. The number of carbonyl (C=O) groups excluding carboxylic acids is 2. The second-order valence-corrected chi connectivity index (χ2v) is 9.40. The molecule has 4 aromatic rings. The van der Waals surface area contributed by atoms with E-state index in [0.29, 0.717) is 26.7 Å². The second kappa shape index (κ2) is 11.0. The molecule has 0 atom stereocenters. The number of hydrogen-bond acceptors (Lipinski definition) is 6. The van der Waals surface area contributed by atoms with Crippen LogP contribution in [-0.4, -0.2) is 32.3 Å². The predicted molar refractivity (Wildman–Crippen MR) is 137 cm³/mol. The van der Waals surface area contributed by atoms with Crippen molar-refractivity contribution < 1.29 is 14.0 Å². The van der Waals surface area contributed by atoms with Crippen LogP contribution in [-0.2, 0) is 11.3 Å². The molecular formula is C24H21Cl2N5O3S. The Labute approximate surface area is 216 Å². The Balaban J connectivity index is 1.54. The van der Waals surface area contributed by atoms with Gasteiger partial charge in [0.25, 0.3) is 5.91 Å². The Bertz CT molecular complexity index is 1370. The molecule has 4 rings (SSSR count). The number of rotatable bonds is 8. The van der Waals surface area contributed by atoms with Gasteiger partial charge in [0, 0.05) is 5.69 Å². The van der Waals surface area contributed by atoms with E-state index in [1.807, 2.05) is 32.0 Å². The van der Waals surface area contributed by atoms with Gasteiger partial charge in [0.05, 0.1) is 34.3 Å². The molecule has 0 saturated carbocycles. The van der Waals surface area contributed by atoms with E-state index >= 15 is 0 Å². The predicted octanol–water partition coefficient (Wildman–Crippen LogP) is 5.44. The number of aromatic nitrogens is 3. The zero-order valence-corrected chi connectivity index (χ0v) is 21.2. The van der Waals surface area contributed by atoms with Crippen molar-refractivity contribution in [3.05, 3.63) is 87.6 Å². The summed E-state index contributed by atoms with van der Waals surface area (Å²) in [4.78, 5) is 25.0. The zero-order chi connectivity index (χ0) is 24.9. The van der Waals surface area contributed by atoms with Crippen LogP contribution in [0.2, 0.25) is 10.0 Å². The first kappa shape index (κ1) is 24.8. The van der Waals surface area contributed by atoms with Crippen LogP contribution in [0.3, 0.4) is 0 Å². The van der Waals surface area contributed by atoms with Crippen LogP contribution in [0.4, 0.5) is 5.69 Å². The summed E-state index contributed by atoms with van der Waals surface area (Å²) < 4.78 is 6.85. The van der Waals surface area contributed by atoms with E-state index in [2.05, 4.69) is 20.8 Å². The van der Waals surface area contributed by atoms with Gasteiger partial charge in [-0.25, -0.2) is 0 Å². The second-order valence-electron chi connectivity index (χ2n) is 7.65. The van der Waals surface area contributed by atoms with Crippen LogP contribution in [0, 0.1) is 13.8 Å². The summed E-state index contributed by atoms with van der Waals surface area (Å²) in [5.41, 5.74) is 3.44. The number of nitrogens with one attached hydrogen (secondary N) is 2. The summed E-state index contributed by atoms with van der Waals surface area (Å²) >= 11 is 13.5. The first-order valence-electron chi connectivity index (χ1n) is 10.5. The lowest BCUT2D eigenvalue weighted by Crippen LogP contribution is -2.24. The molecule has 0 saturated heterocycles. The summed E-state index contributed by atoms with van der Waals surface area (Å²) in [6, 6.07) is 14.2. The lowest BCUT2D eigenvalue weighted by Gasteiger charge is -2.12. The third-order valence-electron chi connectivity index (χ3n) is 5.01. The van der Waals surface area contributed by atoms with Gasteiger partial charge in [-0.3, -0.25) is 14.2 Å². The van der Waals surface area contributed by atoms with Crippen LogP contribution in [0.25, 0.3) is 5.69 Å². The van der Waals surface area contributed by atoms with Crippen LogP contribution < -0.4 is 10.6 Å². The largest absolute Gasteiger partial charge is 0.459 e. The topological polar surface area (TPSA) is 102 Å². The van der Waals surface area contributed by atoms with Gasteiger partial charge in [0.2, 0.25) is 5.91 Å². The minimum Gasteiger partial charge on any atom is -0.459 e. The first-order chi connectivity index (χ1) is 16.8. The van der Waals surface area contributed by atoms with Gasteiger partial charge in [0.1, 0.15) is 0 Å². The van der Waals surface area contributed by atoms with Crippen LogP contribution in [0.5, 0.6) is 0 Å². The van der Waals surface area contributed by atoms with Crippen molar-refractivity contribution in [3.63, 3.8) is 0 Å². The van der Waals surface area contributed by atoms with Crippen molar-refractivity contribution in [2.75, 3.05) is 11.1 Å². The van der Waals surface area contributed by atoms with Crippen molar-refractivity contribution in [2.45, 2.75) is 25.5 Å². The van der Waals surface area contributed by atoms with Crippen molar-refractivity contribution in [1.29, 1.82) is 0 Å². The molecule has 0 radical (unpaired) electrons. The maximum Gasteiger partial charge on any atom is 0.287 e. The number of halogens is 2. The molecule has 8 nitrogen and oxygen atoms in total. The summed E-state index contributed by atoms with van der Waals surface area (Å²) in [5.74, 6) is 0.163.